The topological polar surface area (TPSA) is 31.4 Å². The van der Waals surface area contributed by atoms with E-state index in [1.54, 1.807) is 0 Å². The van der Waals surface area contributed by atoms with Crippen molar-refractivity contribution in [2.45, 2.75) is 52.9 Å². The summed E-state index contributed by atoms with van der Waals surface area (Å²) < 4.78 is 0. The fourth-order valence-electron chi connectivity index (χ4n) is 2.46. The van der Waals surface area contributed by atoms with Crippen LogP contribution in [-0.4, -0.2) is 54.1 Å². The van der Waals surface area contributed by atoms with Gasteiger partial charge in [-0.25, -0.2) is 0 Å². The van der Waals surface area contributed by atoms with Crippen LogP contribution in [0.4, 0.5) is 0 Å². The predicted octanol–water partition coefficient (Wildman–Crippen LogP) is 2.35. The molecule has 1 N–H and O–H groups in total. The molecule has 0 aliphatic carbocycles. The molecule has 1 aromatic heterocycles. The van der Waals surface area contributed by atoms with Crippen molar-refractivity contribution in [2.75, 3.05) is 27.2 Å². The second kappa shape index (κ2) is 9.13. The Bertz CT molecular complexity index is 404. The average molecular weight is 292 g/mol. The Morgan fingerprint density at radius 2 is 1.81 bits per heavy atom. The highest BCUT2D eigenvalue weighted by Gasteiger charge is 2.14. The fraction of sp³-hybridized carbons (Fsp3) is 0.706. The second-order valence-corrected chi connectivity index (χ2v) is 6.33. The first-order chi connectivity index (χ1) is 9.92. The van der Waals surface area contributed by atoms with Crippen LogP contribution >= 0.6 is 0 Å². The van der Waals surface area contributed by atoms with E-state index in [1.807, 2.05) is 0 Å². The van der Waals surface area contributed by atoms with E-state index in [1.165, 1.54) is 0 Å². The summed E-state index contributed by atoms with van der Waals surface area (Å²) in [7, 11) is 4.25. The summed E-state index contributed by atoms with van der Waals surface area (Å²) in [6, 6.07) is 7.36. The van der Waals surface area contributed by atoms with Gasteiger partial charge in [0.25, 0.3) is 0 Å². The average Bonchev–Trinajstić information content (AvgIpc) is 2.42. The summed E-state index contributed by atoms with van der Waals surface area (Å²) >= 11 is 0. The van der Waals surface area contributed by atoms with E-state index < -0.39 is 0 Å². The lowest BCUT2D eigenvalue weighted by atomic mass is 10.2. The van der Waals surface area contributed by atoms with Crippen LogP contribution < -0.4 is 5.32 Å². The molecule has 1 atom stereocenters. The van der Waals surface area contributed by atoms with Crippen LogP contribution in [0, 0.1) is 0 Å². The summed E-state index contributed by atoms with van der Waals surface area (Å²) in [6.45, 7) is 12.7. The first kappa shape index (κ1) is 18.1. The number of aromatic nitrogens is 1. The SMILES string of the molecule is CCN(Cc1cccc(CNC(C)C)n1)C(C)CN(C)C. The third-order valence-corrected chi connectivity index (χ3v) is 3.58. The van der Waals surface area contributed by atoms with Gasteiger partial charge in [-0.3, -0.25) is 9.88 Å². The summed E-state index contributed by atoms with van der Waals surface area (Å²) in [5.74, 6) is 0. The molecule has 1 unspecified atom stereocenters. The minimum absolute atomic E-state index is 0.489. The van der Waals surface area contributed by atoms with Gasteiger partial charge in [0.05, 0.1) is 11.4 Å². The molecule has 0 amide bonds. The first-order valence-corrected chi connectivity index (χ1v) is 7.99. The molecule has 0 saturated heterocycles. The lowest BCUT2D eigenvalue weighted by Crippen LogP contribution is -2.39. The van der Waals surface area contributed by atoms with E-state index in [0.29, 0.717) is 12.1 Å². The lowest BCUT2D eigenvalue weighted by molar-refractivity contribution is 0.172. The number of pyridine rings is 1. The lowest BCUT2D eigenvalue weighted by Gasteiger charge is -2.29. The molecular weight excluding hydrogens is 260 g/mol. The van der Waals surface area contributed by atoms with E-state index in [-0.39, 0.29) is 0 Å². The summed E-state index contributed by atoms with van der Waals surface area (Å²) in [5, 5.41) is 3.42. The van der Waals surface area contributed by atoms with E-state index in [0.717, 1.165) is 37.6 Å². The Hall–Kier alpha value is -0.970. The van der Waals surface area contributed by atoms with Crippen molar-refractivity contribution in [3.8, 4) is 0 Å². The van der Waals surface area contributed by atoms with Crippen molar-refractivity contribution < 1.29 is 0 Å². The van der Waals surface area contributed by atoms with Crippen molar-refractivity contribution in [3.05, 3.63) is 29.6 Å². The van der Waals surface area contributed by atoms with Gasteiger partial charge in [0, 0.05) is 31.7 Å². The molecule has 4 heteroatoms. The first-order valence-electron chi connectivity index (χ1n) is 7.99. The number of nitrogens with one attached hydrogen (secondary N) is 1. The Morgan fingerprint density at radius 1 is 1.14 bits per heavy atom. The van der Waals surface area contributed by atoms with Crippen LogP contribution in [0.1, 0.15) is 39.1 Å². The molecule has 1 heterocycles. The molecule has 0 aromatic carbocycles. The Balaban J connectivity index is 2.65. The molecule has 0 bridgehead atoms. The van der Waals surface area contributed by atoms with Crippen molar-refractivity contribution in [1.82, 2.24) is 20.1 Å². The van der Waals surface area contributed by atoms with Crippen LogP contribution in [0.2, 0.25) is 0 Å². The normalized spacial score (nSPS) is 13.4. The number of hydrogen-bond donors (Lipinski definition) is 1. The van der Waals surface area contributed by atoms with E-state index >= 15 is 0 Å². The van der Waals surface area contributed by atoms with Gasteiger partial charge in [-0.15, -0.1) is 0 Å². The molecular formula is C17H32N4. The zero-order valence-electron chi connectivity index (χ0n) is 14.6. The maximum atomic E-state index is 4.78. The zero-order valence-corrected chi connectivity index (χ0v) is 14.6. The molecule has 0 fully saturated rings. The Kier molecular flexibility index (Phi) is 7.86. The zero-order chi connectivity index (χ0) is 15.8. The molecule has 0 saturated carbocycles. The monoisotopic (exact) mass is 292 g/mol. The summed E-state index contributed by atoms with van der Waals surface area (Å²) in [5.41, 5.74) is 2.28. The van der Waals surface area contributed by atoms with Crippen LogP contribution in [0.5, 0.6) is 0 Å². The van der Waals surface area contributed by atoms with Crippen LogP contribution in [0.25, 0.3) is 0 Å². The summed E-state index contributed by atoms with van der Waals surface area (Å²) in [4.78, 5) is 9.49. The maximum absolute atomic E-state index is 4.78. The van der Waals surface area contributed by atoms with Crippen molar-refractivity contribution in [1.29, 1.82) is 0 Å². The van der Waals surface area contributed by atoms with E-state index in [2.05, 4.69) is 75.1 Å². The predicted molar refractivity (Wildman–Crippen MR) is 90.3 cm³/mol. The Morgan fingerprint density at radius 3 is 2.38 bits per heavy atom. The van der Waals surface area contributed by atoms with Gasteiger partial charge in [-0.2, -0.15) is 0 Å². The highest BCUT2D eigenvalue weighted by atomic mass is 15.2. The quantitative estimate of drug-likeness (QED) is 0.757. The van der Waals surface area contributed by atoms with Gasteiger partial charge >= 0.3 is 0 Å². The molecule has 0 aliphatic heterocycles. The van der Waals surface area contributed by atoms with Crippen LogP contribution in [0.15, 0.2) is 18.2 Å². The standard InChI is InChI=1S/C17H32N4/c1-7-21(15(4)12-20(5)6)13-17-10-8-9-16(19-17)11-18-14(2)3/h8-10,14-15,18H,7,11-13H2,1-6H3. The van der Waals surface area contributed by atoms with Crippen LogP contribution in [0.3, 0.4) is 0 Å². The fourth-order valence-corrected chi connectivity index (χ4v) is 2.46. The number of likely N-dealkylation sites (N-methyl/N-ethyl adjacent to an activating group) is 2. The molecule has 0 aliphatic rings. The van der Waals surface area contributed by atoms with E-state index in [4.69, 9.17) is 4.98 Å². The van der Waals surface area contributed by atoms with Gasteiger partial charge in [-0.05, 0) is 39.7 Å². The van der Waals surface area contributed by atoms with Crippen LogP contribution in [-0.2, 0) is 13.1 Å². The highest BCUT2D eigenvalue weighted by Crippen LogP contribution is 2.08. The molecule has 120 valence electrons. The minimum Gasteiger partial charge on any atom is -0.309 e. The smallest absolute Gasteiger partial charge is 0.0547 e. The van der Waals surface area contributed by atoms with E-state index in [9.17, 15) is 0 Å². The van der Waals surface area contributed by atoms with Crippen molar-refractivity contribution >= 4 is 0 Å². The maximum Gasteiger partial charge on any atom is 0.0547 e. The van der Waals surface area contributed by atoms with Gasteiger partial charge in [-0.1, -0.05) is 26.8 Å². The molecule has 0 radical (unpaired) electrons. The minimum atomic E-state index is 0.489. The van der Waals surface area contributed by atoms with Gasteiger partial charge in [0.2, 0.25) is 0 Å². The van der Waals surface area contributed by atoms with Gasteiger partial charge < -0.3 is 10.2 Å². The van der Waals surface area contributed by atoms with Gasteiger partial charge in [0.1, 0.15) is 0 Å². The Labute approximate surface area is 130 Å². The molecule has 21 heavy (non-hydrogen) atoms. The largest absolute Gasteiger partial charge is 0.309 e. The second-order valence-electron chi connectivity index (χ2n) is 6.33. The van der Waals surface area contributed by atoms with Gasteiger partial charge in [0.15, 0.2) is 0 Å². The summed E-state index contributed by atoms with van der Waals surface area (Å²) in [6.07, 6.45) is 0. The number of nitrogens with zero attached hydrogens (tertiary/aromatic N) is 3. The highest BCUT2D eigenvalue weighted by molar-refractivity contribution is 5.11. The third kappa shape index (κ3) is 7.02. The van der Waals surface area contributed by atoms with Crippen molar-refractivity contribution in [3.63, 3.8) is 0 Å². The molecule has 4 nitrogen and oxygen atoms in total. The van der Waals surface area contributed by atoms with Crippen molar-refractivity contribution in [2.24, 2.45) is 0 Å². The third-order valence-electron chi connectivity index (χ3n) is 3.58. The number of hydrogen-bond acceptors (Lipinski definition) is 4. The number of rotatable bonds is 9. The molecule has 0 spiro atoms. The molecule has 1 aromatic rings. The molecule has 1 rings (SSSR count).